The molecule has 0 aliphatic carbocycles. The van der Waals surface area contributed by atoms with Crippen molar-refractivity contribution in [2.45, 2.75) is 6.54 Å². The quantitative estimate of drug-likeness (QED) is 0.399. The number of nitro benzene ring substituents is 1. The van der Waals surface area contributed by atoms with Gasteiger partial charge in [0.05, 0.1) is 21.9 Å². The predicted molar refractivity (Wildman–Crippen MR) is 105 cm³/mol. The van der Waals surface area contributed by atoms with Crippen LogP contribution in [0.3, 0.4) is 0 Å². The molecule has 27 heavy (non-hydrogen) atoms. The van der Waals surface area contributed by atoms with E-state index in [9.17, 15) is 19.7 Å². The van der Waals surface area contributed by atoms with Crippen molar-refractivity contribution in [2.75, 3.05) is 0 Å². The maximum atomic E-state index is 12.5. The Morgan fingerprint density at radius 2 is 1.81 bits per heavy atom. The largest absolute Gasteiger partial charge is 0.293 e. The minimum Gasteiger partial charge on any atom is -0.268 e. The molecule has 136 valence electrons. The SMILES string of the molecule is O=C1S/C(=C/C=C/c2ccccc2[N+](=O)[O-])C(=O)N1Cc1ccc(Cl)cc1. The smallest absolute Gasteiger partial charge is 0.268 e. The van der Waals surface area contributed by atoms with E-state index in [0.717, 1.165) is 22.2 Å². The number of halogens is 1. The Balaban J connectivity index is 1.74. The van der Waals surface area contributed by atoms with E-state index in [2.05, 4.69) is 0 Å². The Morgan fingerprint density at radius 1 is 1.11 bits per heavy atom. The van der Waals surface area contributed by atoms with Gasteiger partial charge in [0.2, 0.25) is 0 Å². The lowest BCUT2D eigenvalue weighted by molar-refractivity contribution is -0.385. The third-order valence-corrected chi connectivity index (χ3v) is 4.96. The molecular weight excluding hydrogens is 388 g/mol. The van der Waals surface area contributed by atoms with E-state index in [4.69, 9.17) is 11.6 Å². The average Bonchev–Trinajstić information content (AvgIpc) is 2.91. The van der Waals surface area contributed by atoms with Crippen molar-refractivity contribution < 1.29 is 14.5 Å². The zero-order chi connectivity index (χ0) is 19.4. The topological polar surface area (TPSA) is 80.5 Å². The second-order valence-corrected chi connectivity index (χ2v) is 7.02. The number of hydrogen-bond acceptors (Lipinski definition) is 5. The van der Waals surface area contributed by atoms with Gasteiger partial charge in [-0.3, -0.25) is 24.6 Å². The molecule has 0 aromatic heterocycles. The Labute approximate surface area is 164 Å². The highest BCUT2D eigenvalue weighted by molar-refractivity contribution is 8.18. The summed E-state index contributed by atoms with van der Waals surface area (Å²) in [6, 6.07) is 13.2. The van der Waals surface area contributed by atoms with E-state index in [1.807, 2.05) is 0 Å². The fraction of sp³-hybridized carbons (Fsp3) is 0.0526. The van der Waals surface area contributed by atoms with E-state index in [1.54, 1.807) is 42.5 Å². The summed E-state index contributed by atoms with van der Waals surface area (Å²) in [4.78, 5) is 36.5. The lowest BCUT2D eigenvalue weighted by Gasteiger charge is -2.12. The monoisotopic (exact) mass is 400 g/mol. The molecule has 1 aliphatic heterocycles. The first kappa shape index (κ1) is 18.9. The van der Waals surface area contributed by atoms with Gasteiger partial charge in [-0.1, -0.05) is 41.9 Å². The van der Waals surface area contributed by atoms with Crippen LogP contribution in [0.4, 0.5) is 10.5 Å². The molecule has 1 heterocycles. The highest BCUT2D eigenvalue weighted by Crippen LogP contribution is 2.32. The van der Waals surface area contributed by atoms with Crippen molar-refractivity contribution in [2.24, 2.45) is 0 Å². The molecule has 2 amide bonds. The molecule has 3 rings (SSSR count). The summed E-state index contributed by atoms with van der Waals surface area (Å²) in [5.74, 6) is -0.396. The van der Waals surface area contributed by atoms with Crippen LogP contribution in [0.5, 0.6) is 0 Å². The Morgan fingerprint density at radius 3 is 2.52 bits per heavy atom. The van der Waals surface area contributed by atoms with Gasteiger partial charge in [0.15, 0.2) is 0 Å². The lowest BCUT2D eigenvalue weighted by atomic mass is 10.1. The lowest BCUT2D eigenvalue weighted by Crippen LogP contribution is -2.27. The van der Waals surface area contributed by atoms with Crippen molar-refractivity contribution in [3.05, 3.63) is 91.9 Å². The molecule has 2 aromatic rings. The first-order chi connectivity index (χ1) is 13.0. The van der Waals surface area contributed by atoms with Gasteiger partial charge < -0.3 is 0 Å². The van der Waals surface area contributed by atoms with Gasteiger partial charge in [0, 0.05) is 11.1 Å². The summed E-state index contributed by atoms with van der Waals surface area (Å²) in [6.45, 7) is 0.160. The number of allylic oxidation sites excluding steroid dienone is 2. The summed E-state index contributed by atoms with van der Waals surface area (Å²) in [6.07, 6.45) is 4.55. The highest BCUT2D eigenvalue weighted by Gasteiger charge is 2.34. The molecule has 0 bridgehead atoms. The summed E-state index contributed by atoms with van der Waals surface area (Å²) < 4.78 is 0. The first-order valence-corrected chi connectivity index (χ1v) is 9.05. The number of nitro groups is 1. The normalized spacial score (nSPS) is 15.9. The number of amides is 2. The summed E-state index contributed by atoms with van der Waals surface area (Å²) in [5, 5.41) is 11.2. The van der Waals surface area contributed by atoms with Crippen LogP contribution in [0.2, 0.25) is 5.02 Å². The van der Waals surface area contributed by atoms with Gasteiger partial charge in [-0.15, -0.1) is 0 Å². The molecule has 0 N–H and O–H groups in total. The van der Waals surface area contributed by atoms with Gasteiger partial charge in [0.25, 0.3) is 16.8 Å². The second-order valence-electron chi connectivity index (χ2n) is 5.59. The molecule has 6 nitrogen and oxygen atoms in total. The van der Waals surface area contributed by atoms with Crippen LogP contribution in [0.1, 0.15) is 11.1 Å². The third-order valence-electron chi connectivity index (χ3n) is 3.78. The molecule has 8 heteroatoms. The summed E-state index contributed by atoms with van der Waals surface area (Å²) in [7, 11) is 0. The van der Waals surface area contributed by atoms with Gasteiger partial charge in [-0.2, -0.15) is 0 Å². The number of imide groups is 1. The van der Waals surface area contributed by atoms with E-state index in [-0.39, 0.29) is 22.4 Å². The second kappa shape index (κ2) is 8.20. The molecule has 1 saturated heterocycles. The van der Waals surface area contributed by atoms with Crippen LogP contribution < -0.4 is 0 Å². The third kappa shape index (κ3) is 4.45. The fourth-order valence-corrected chi connectivity index (χ4v) is 3.37. The predicted octanol–water partition coefficient (Wildman–Crippen LogP) is 5.04. The van der Waals surface area contributed by atoms with Crippen LogP contribution >= 0.6 is 23.4 Å². The molecular formula is C19H13ClN2O4S. The number of rotatable bonds is 5. The van der Waals surface area contributed by atoms with Crippen molar-refractivity contribution in [3.63, 3.8) is 0 Å². The Hall–Kier alpha value is -2.90. The minimum absolute atomic E-state index is 0.0296. The summed E-state index contributed by atoms with van der Waals surface area (Å²) >= 11 is 6.67. The van der Waals surface area contributed by atoms with Gasteiger partial charge >= 0.3 is 0 Å². The van der Waals surface area contributed by atoms with Crippen molar-refractivity contribution in [3.8, 4) is 0 Å². The first-order valence-electron chi connectivity index (χ1n) is 7.85. The van der Waals surface area contributed by atoms with Crippen LogP contribution in [0, 0.1) is 10.1 Å². The number of carbonyl (C=O) groups is 2. The van der Waals surface area contributed by atoms with Gasteiger partial charge in [-0.05, 0) is 47.7 Å². The van der Waals surface area contributed by atoms with Crippen molar-refractivity contribution in [1.82, 2.24) is 4.90 Å². The Kier molecular flexibility index (Phi) is 5.73. The molecule has 1 fully saturated rings. The number of benzene rings is 2. The van der Waals surface area contributed by atoms with E-state index >= 15 is 0 Å². The highest BCUT2D eigenvalue weighted by atomic mass is 35.5. The van der Waals surface area contributed by atoms with E-state index < -0.39 is 10.8 Å². The molecule has 0 atom stereocenters. The van der Waals surface area contributed by atoms with Gasteiger partial charge in [0.1, 0.15) is 0 Å². The zero-order valence-electron chi connectivity index (χ0n) is 13.9. The van der Waals surface area contributed by atoms with Crippen LogP contribution in [-0.4, -0.2) is 21.0 Å². The number of nitrogens with zero attached hydrogens (tertiary/aromatic N) is 2. The maximum absolute atomic E-state index is 12.5. The molecule has 1 aliphatic rings. The minimum atomic E-state index is -0.473. The standard InChI is InChI=1S/C19H13ClN2O4S/c20-15-10-8-13(9-11-15)12-21-18(23)17(27-19(21)24)7-3-5-14-4-1-2-6-16(14)22(25)26/h1-11H,12H2/b5-3+,17-7+. The number of hydrogen-bond donors (Lipinski definition) is 0. The molecule has 0 unspecified atom stereocenters. The van der Waals surface area contributed by atoms with Crippen LogP contribution in [-0.2, 0) is 11.3 Å². The van der Waals surface area contributed by atoms with E-state index in [0.29, 0.717) is 10.6 Å². The van der Waals surface area contributed by atoms with Crippen molar-refractivity contribution in [1.29, 1.82) is 0 Å². The van der Waals surface area contributed by atoms with Crippen LogP contribution in [0.15, 0.2) is 65.6 Å². The molecule has 0 radical (unpaired) electrons. The number of para-hydroxylation sites is 1. The van der Waals surface area contributed by atoms with Crippen LogP contribution in [0.25, 0.3) is 6.08 Å². The molecule has 0 spiro atoms. The van der Waals surface area contributed by atoms with Gasteiger partial charge in [-0.25, -0.2) is 0 Å². The fourth-order valence-electron chi connectivity index (χ4n) is 2.46. The summed E-state index contributed by atoms with van der Waals surface area (Å²) in [5.41, 5.74) is 1.18. The Bertz CT molecular complexity index is 970. The number of thioether (sulfide) groups is 1. The van der Waals surface area contributed by atoms with Crippen molar-refractivity contribution >= 4 is 46.3 Å². The molecule has 2 aromatic carbocycles. The maximum Gasteiger partial charge on any atom is 0.293 e. The molecule has 0 saturated carbocycles. The average molecular weight is 401 g/mol. The number of carbonyl (C=O) groups excluding carboxylic acids is 2. The zero-order valence-corrected chi connectivity index (χ0v) is 15.4. The van der Waals surface area contributed by atoms with E-state index in [1.165, 1.54) is 24.3 Å².